The van der Waals surface area contributed by atoms with Crippen molar-refractivity contribution < 1.29 is 14.3 Å². The Morgan fingerprint density at radius 3 is 2.29 bits per heavy atom. The number of para-hydroxylation sites is 2. The molecule has 3 N–H and O–H groups in total. The summed E-state index contributed by atoms with van der Waals surface area (Å²) < 4.78 is 6.54. The highest BCUT2D eigenvalue weighted by Crippen LogP contribution is 2.18. The van der Waals surface area contributed by atoms with Gasteiger partial charge in [-0.2, -0.15) is 0 Å². The van der Waals surface area contributed by atoms with Crippen molar-refractivity contribution in [3.8, 4) is 5.75 Å². The number of carbonyl (C=O) groups is 2. The van der Waals surface area contributed by atoms with Crippen molar-refractivity contribution in [2.75, 3.05) is 30.3 Å². The molecule has 3 aromatic rings. The van der Waals surface area contributed by atoms with Gasteiger partial charge in [0, 0.05) is 28.9 Å². The topological polar surface area (TPSA) is 79.5 Å². The minimum absolute atomic E-state index is 0.193. The summed E-state index contributed by atoms with van der Waals surface area (Å²) in [6.45, 7) is 1.08. The normalized spacial score (nSPS) is 10.2. The molecule has 0 spiro atoms. The van der Waals surface area contributed by atoms with Gasteiger partial charge in [-0.3, -0.25) is 9.59 Å². The van der Waals surface area contributed by atoms with Crippen molar-refractivity contribution in [3.05, 3.63) is 88.9 Å². The highest BCUT2D eigenvalue weighted by Gasteiger charge is 2.13. The highest BCUT2D eigenvalue weighted by atomic mass is 79.9. The Kier molecular flexibility index (Phi) is 8.48. The molecule has 6 nitrogen and oxygen atoms in total. The summed E-state index contributed by atoms with van der Waals surface area (Å²) in [6, 6.07) is 24.1. The Bertz CT molecular complexity index is 994. The zero-order chi connectivity index (χ0) is 21.9. The summed E-state index contributed by atoms with van der Waals surface area (Å²) in [5.74, 6) is -0.165. The number of amides is 2. The number of carbonyl (C=O) groups excluding carboxylic acids is 2. The third-order valence-electron chi connectivity index (χ3n) is 4.36. The van der Waals surface area contributed by atoms with E-state index in [4.69, 9.17) is 4.74 Å². The second-order valence-corrected chi connectivity index (χ2v) is 7.66. The summed E-state index contributed by atoms with van der Waals surface area (Å²) >= 11 is 3.35. The molecule has 7 heteroatoms. The minimum Gasteiger partial charge on any atom is -0.483 e. The van der Waals surface area contributed by atoms with Gasteiger partial charge in [0.05, 0.1) is 5.56 Å². The number of rotatable bonds is 10. The zero-order valence-electron chi connectivity index (χ0n) is 16.9. The predicted octanol–water partition coefficient (Wildman–Crippen LogP) is 4.70. The summed E-state index contributed by atoms with van der Waals surface area (Å²) in [5.41, 5.74) is 2.12. The first-order valence-corrected chi connectivity index (χ1v) is 10.8. The van der Waals surface area contributed by atoms with Gasteiger partial charge in [-0.05, 0) is 55.0 Å². The molecule has 3 rings (SSSR count). The molecule has 31 heavy (non-hydrogen) atoms. The van der Waals surface area contributed by atoms with Gasteiger partial charge < -0.3 is 20.7 Å². The van der Waals surface area contributed by atoms with Crippen LogP contribution in [-0.2, 0) is 4.79 Å². The van der Waals surface area contributed by atoms with E-state index in [-0.39, 0.29) is 18.4 Å². The molecule has 2 amide bonds. The molecule has 0 atom stereocenters. The molecule has 0 fully saturated rings. The number of nitrogens with one attached hydrogen (secondary N) is 3. The average Bonchev–Trinajstić information content (AvgIpc) is 2.80. The van der Waals surface area contributed by atoms with Gasteiger partial charge in [-0.15, -0.1) is 0 Å². The van der Waals surface area contributed by atoms with Crippen molar-refractivity contribution in [1.29, 1.82) is 0 Å². The van der Waals surface area contributed by atoms with Crippen molar-refractivity contribution in [2.45, 2.75) is 6.42 Å². The van der Waals surface area contributed by atoms with Crippen LogP contribution in [0.2, 0.25) is 0 Å². The monoisotopic (exact) mass is 481 g/mol. The first kappa shape index (κ1) is 22.4. The second kappa shape index (κ2) is 11.8. The molecule has 0 aliphatic heterocycles. The Morgan fingerprint density at radius 1 is 0.806 bits per heavy atom. The van der Waals surface area contributed by atoms with Crippen LogP contribution in [0, 0.1) is 0 Å². The van der Waals surface area contributed by atoms with Crippen LogP contribution < -0.4 is 20.7 Å². The van der Waals surface area contributed by atoms with Crippen LogP contribution in [0.25, 0.3) is 0 Å². The van der Waals surface area contributed by atoms with E-state index in [0.717, 1.165) is 23.1 Å². The average molecular weight is 482 g/mol. The number of ether oxygens (including phenoxy) is 1. The van der Waals surface area contributed by atoms with Crippen LogP contribution in [-0.4, -0.2) is 31.5 Å². The number of benzene rings is 3. The summed E-state index contributed by atoms with van der Waals surface area (Å²) in [5, 5.41) is 8.95. The maximum absolute atomic E-state index is 12.5. The second-order valence-electron chi connectivity index (χ2n) is 6.74. The molecule has 0 aliphatic rings. The number of hydrogen-bond donors (Lipinski definition) is 3. The van der Waals surface area contributed by atoms with E-state index in [2.05, 4.69) is 31.9 Å². The van der Waals surface area contributed by atoms with E-state index in [9.17, 15) is 9.59 Å². The molecule has 0 aliphatic carbocycles. The molecule has 160 valence electrons. The van der Waals surface area contributed by atoms with Gasteiger partial charge >= 0.3 is 0 Å². The van der Waals surface area contributed by atoms with Crippen molar-refractivity contribution in [2.24, 2.45) is 0 Å². The number of hydrogen-bond acceptors (Lipinski definition) is 4. The van der Waals surface area contributed by atoms with Crippen molar-refractivity contribution in [3.63, 3.8) is 0 Å². The Morgan fingerprint density at radius 2 is 1.52 bits per heavy atom. The summed E-state index contributed by atoms with van der Waals surface area (Å²) in [7, 11) is 0. The lowest BCUT2D eigenvalue weighted by Gasteiger charge is -2.12. The van der Waals surface area contributed by atoms with E-state index < -0.39 is 0 Å². The SMILES string of the molecule is O=C(COc1ccccc1C(=O)NCCCNc1ccccc1)Nc1ccc(Br)cc1. The van der Waals surface area contributed by atoms with Crippen molar-refractivity contribution in [1.82, 2.24) is 5.32 Å². The van der Waals surface area contributed by atoms with Gasteiger partial charge in [0.25, 0.3) is 11.8 Å². The molecular formula is C24H24BrN3O3. The smallest absolute Gasteiger partial charge is 0.262 e. The van der Waals surface area contributed by atoms with E-state index in [1.165, 1.54) is 0 Å². The van der Waals surface area contributed by atoms with Crippen LogP contribution in [0.5, 0.6) is 5.75 Å². The molecule has 0 aromatic heterocycles. The summed E-state index contributed by atoms with van der Waals surface area (Å²) in [6.07, 6.45) is 0.777. The Hall–Kier alpha value is -3.32. The van der Waals surface area contributed by atoms with Crippen molar-refractivity contribution >= 4 is 39.1 Å². The quantitative estimate of drug-likeness (QED) is 0.366. The van der Waals surface area contributed by atoms with Crippen LogP contribution in [0.3, 0.4) is 0 Å². The fraction of sp³-hybridized carbons (Fsp3) is 0.167. The molecular weight excluding hydrogens is 458 g/mol. The van der Waals surface area contributed by atoms with Gasteiger partial charge in [0.2, 0.25) is 0 Å². The predicted molar refractivity (Wildman–Crippen MR) is 127 cm³/mol. The van der Waals surface area contributed by atoms with Gasteiger partial charge in [-0.25, -0.2) is 0 Å². The summed E-state index contributed by atoms with van der Waals surface area (Å²) in [4.78, 5) is 24.7. The zero-order valence-corrected chi connectivity index (χ0v) is 18.5. The fourth-order valence-corrected chi connectivity index (χ4v) is 3.09. The number of anilines is 2. The van der Waals surface area contributed by atoms with E-state index in [0.29, 0.717) is 23.5 Å². The van der Waals surface area contributed by atoms with Gasteiger partial charge in [-0.1, -0.05) is 46.3 Å². The van der Waals surface area contributed by atoms with Gasteiger partial charge in [0.1, 0.15) is 5.75 Å². The van der Waals surface area contributed by atoms with Crippen LogP contribution in [0.4, 0.5) is 11.4 Å². The molecule has 0 heterocycles. The molecule has 0 radical (unpaired) electrons. The standard InChI is InChI=1S/C24H24BrN3O3/c25-18-11-13-20(14-12-18)28-23(29)17-31-22-10-5-4-9-21(22)24(30)27-16-6-15-26-19-7-2-1-3-8-19/h1-5,7-14,26H,6,15-17H2,(H,27,30)(H,28,29). The molecule has 0 bridgehead atoms. The van der Waals surface area contributed by atoms with Gasteiger partial charge in [0.15, 0.2) is 6.61 Å². The molecule has 3 aromatic carbocycles. The van der Waals surface area contributed by atoms with Crippen LogP contribution in [0.15, 0.2) is 83.3 Å². The number of halogens is 1. The molecule has 0 saturated carbocycles. The lowest BCUT2D eigenvalue weighted by Crippen LogP contribution is -2.27. The van der Waals surface area contributed by atoms with E-state index in [1.807, 2.05) is 42.5 Å². The third-order valence-corrected chi connectivity index (χ3v) is 4.89. The molecule has 0 unspecified atom stereocenters. The highest BCUT2D eigenvalue weighted by molar-refractivity contribution is 9.10. The lowest BCUT2D eigenvalue weighted by atomic mass is 10.2. The maximum Gasteiger partial charge on any atom is 0.262 e. The van der Waals surface area contributed by atoms with E-state index in [1.54, 1.807) is 36.4 Å². The first-order chi connectivity index (χ1) is 15.1. The van der Waals surface area contributed by atoms with Crippen LogP contribution >= 0.6 is 15.9 Å². The Balaban J connectivity index is 1.44. The first-order valence-electron chi connectivity index (χ1n) is 9.96. The van der Waals surface area contributed by atoms with E-state index >= 15 is 0 Å². The fourth-order valence-electron chi connectivity index (χ4n) is 2.83. The largest absolute Gasteiger partial charge is 0.483 e. The third kappa shape index (κ3) is 7.46. The Labute approximate surface area is 190 Å². The maximum atomic E-state index is 12.5. The minimum atomic E-state index is -0.301. The van der Waals surface area contributed by atoms with Crippen LogP contribution in [0.1, 0.15) is 16.8 Å². The molecule has 0 saturated heterocycles. The lowest BCUT2D eigenvalue weighted by molar-refractivity contribution is -0.118.